The molecule has 0 saturated carbocycles. The second-order valence-corrected chi connectivity index (χ2v) is 4.08. The fourth-order valence-corrected chi connectivity index (χ4v) is 1.81. The lowest BCUT2D eigenvalue weighted by atomic mass is 9.94. The minimum Gasteiger partial charge on any atom is -0.369 e. The van der Waals surface area contributed by atoms with Crippen LogP contribution in [0.5, 0.6) is 0 Å². The van der Waals surface area contributed by atoms with Gasteiger partial charge in [0.05, 0.1) is 5.69 Å². The Morgan fingerprint density at radius 1 is 1.18 bits per heavy atom. The molecule has 3 nitrogen and oxygen atoms in total. The maximum Gasteiger partial charge on any atom is 0.231 e. The molecule has 1 heterocycles. The summed E-state index contributed by atoms with van der Waals surface area (Å²) < 4.78 is 0. The van der Waals surface area contributed by atoms with Gasteiger partial charge in [0.25, 0.3) is 0 Å². The average Bonchev–Trinajstić information content (AvgIpc) is 2.33. The summed E-state index contributed by atoms with van der Waals surface area (Å²) in [6.07, 6.45) is 1.64. The molecule has 1 atom stereocenters. The summed E-state index contributed by atoms with van der Waals surface area (Å²) in [6.45, 7) is 0. The van der Waals surface area contributed by atoms with E-state index in [2.05, 4.69) is 4.98 Å². The molecule has 0 spiro atoms. The number of carbonyl (C=O) groups is 1. The summed E-state index contributed by atoms with van der Waals surface area (Å²) in [6, 6.07) is 12.4. The molecule has 0 radical (unpaired) electrons. The Morgan fingerprint density at radius 3 is 2.41 bits per heavy atom. The molecule has 1 amide bonds. The van der Waals surface area contributed by atoms with Crippen molar-refractivity contribution in [2.75, 3.05) is 0 Å². The summed E-state index contributed by atoms with van der Waals surface area (Å²) in [5.41, 5.74) is 6.86. The topological polar surface area (TPSA) is 56.0 Å². The van der Waals surface area contributed by atoms with Crippen molar-refractivity contribution >= 4 is 17.5 Å². The lowest BCUT2D eigenvalue weighted by Crippen LogP contribution is -2.23. The van der Waals surface area contributed by atoms with Gasteiger partial charge in [-0.2, -0.15) is 0 Å². The minimum absolute atomic E-state index is 0.425. The van der Waals surface area contributed by atoms with E-state index in [-0.39, 0.29) is 0 Å². The molecule has 1 aromatic heterocycles. The van der Waals surface area contributed by atoms with E-state index >= 15 is 0 Å². The summed E-state index contributed by atoms with van der Waals surface area (Å²) >= 11 is 5.81. The van der Waals surface area contributed by atoms with Gasteiger partial charge in [-0.25, -0.2) is 0 Å². The standard InChI is InChI=1S/C13H11ClN2O/c14-10-6-4-9(5-7-10)12(13(15)17)11-3-1-2-8-16-11/h1-8,12H,(H2,15,17). The molecule has 0 aliphatic rings. The smallest absolute Gasteiger partial charge is 0.231 e. The monoisotopic (exact) mass is 246 g/mol. The Kier molecular flexibility index (Phi) is 3.40. The van der Waals surface area contributed by atoms with Gasteiger partial charge in [0, 0.05) is 11.2 Å². The normalized spacial score (nSPS) is 12.1. The summed E-state index contributed by atoms with van der Waals surface area (Å²) in [5.74, 6) is -0.959. The highest BCUT2D eigenvalue weighted by molar-refractivity contribution is 6.30. The van der Waals surface area contributed by atoms with E-state index in [1.54, 1.807) is 42.6 Å². The number of hydrogen-bond acceptors (Lipinski definition) is 2. The van der Waals surface area contributed by atoms with Gasteiger partial charge in [0.1, 0.15) is 5.92 Å². The highest BCUT2D eigenvalue weighted by atomic mass is 35.5. The predicted molar refractivity (Wildman–Crippen MR) is 66.7 cm³/mol. The molecule has 0 aliphatic carbocycles. The number of pyridine rings is 1. The Morgan fingerprint density at radius 2 is 1.88 bits per heavy atom. The van der Waals surface area contributed by atoms with Crippen molar-refractivity contribution in [3.8, 4) is 0 Å². The van der Waals surface area contributed by atoms with E-state index in [0.29, 0.717) is 10.7 Å². The number of benzene rings is 1. The van der Waals surface area contributed by atoms with Gasteiger partial charge in [0.2, 0.25) is 5.91 Å². The summed E-state index contributed by atoms with van der Waals surface area (Å²) in [7, 11) is 0. The van der Waals surface area contributed by atoms with Crippen LogP contribution in [0.25, 0.3) is 0 Å². The quantitative estimate of drug-likeness (QED) is 0.904. The van der Waals surface area contributed by atoms with Gasteiger partial charge >= 0.3 is 0 Å². The Labute approximate surface area is 104 Å². The molecular formula is C13H11ClN2O. The number of hydrogen-bond donors (Lipinski definition) is 1. The largest absolute Gasteiger partial charge is 0.369 e. The molecule has 2 rings (SSSR count). The number of nitrogens with zero attached hydrogens (tertiary/aromatic N) is 1. The van der Waals surface area contributed by atoms with Crippen molar-refractivity contribution in [1.82, 2.24) is 4.98 Å². The van der Waals surface area contributed by atoms with Crippen LogP contribution in [-0.2, 0) is 4.79 Å². The molecule has 1 aromatic carbocycles. The number of carbonyl (C=O) groups excluding carboxylic acids is 1. The van der Waals surface area contributed by atoms with Crippen molar-refractivity contribution in [3.05, 3.63) is 64.9 Å². The van der Waals surface area contributed by atoms with E-state index < -0.39 is 11.8 Å². The van der Waals surface area contributed by atoms with E-state index in [0.717, 1.165) is 5.56 Å². The zero-order valence-corrected chi connectivity index (χ0v) is 9.76. The first kappa shape index (κ1) is 11.6. The van der Waals surface area contributed by atoms with E-state index in [9.17, 15) is 4.79 Å². The second kappa shape index (κ2) is 4.97. The van der Waals surface area contributed by atoms with Crippen LogP contribution in [0.3, 0.4) is 0 Å². The van der Waals surface area contributed by atoms with Crippen LogP contribution in [0.15, 0.2) is 48.7 Å². The van der Waals surface area contributed by atoms with Crippen LogP contribution in [0, 0.1) is 0 Å². The molecule has 0 fully saturated rings. The minimum atomic E-state index is -0.534. The zero-order valence-electron chi connectivity index (χ0n) is 9.01. The van der Waals surface area contributed by atoms with Crippen LogP contribution in [0.1, 0.15) is 17.2 Å². The molecule has 0 aliphatic heterocycles. The van der Waals surface area contributed by atoms with Crippen LogP contribution < -0.4 is 5.73 Å². The third-order valence-electron chi connectivity index (χ3n) is 2.47. The predicted octanol–water partition coefficient (Wildman–Crippen LogP) is 2.35. The molecular weight excluding hydrogens is 236 g/mol. The maximum absolute atomic E-state index is 11.5. The molecule has 1 unspecified atom stereocenters. The molecule has 86 valence electrons. The van der Waals surface area contributed by atoms with Crippen LogP contribution in [0.2, 0.25) is 5.02 Å². The van der Waals surface area contributed by atoms with E-state index in [1.807, 2.05) is 6.07 Å². The molecule has 2 aromatic rings. The van der Waals surface area contributed by atoms with Crippen molar-refractivity contribution in [2.24, 2.45) is 5.73 Å². The molecule has 0 bridgehead atoms. The maximum atomic E-state index is 11.5. The van der Waals surface area contributed by atoms with E-state index in [4.69, 9.17) is 17.3 Å². The van der Waals surface area contributed by atoms with Crippen molar-refractivity contribution in [1.29, 1.82) is 0 Å². The fourth-order valence-electron chi connectivity index (χ4n) is 1.68. The molecule has 4 heteroatoms. The highest BCUT2D eigenvalue weighted by Gasteiger charge is 2.20. The van der Waals surface area contributed by atoms with E-state index in [1.165, 1.54) is 0 Å². The Bertz CT molecular complexity index is 511. The number of amides is 1. The third kappa shape index (κ3) is 2.63. The van der Waals surface area contributed by atoms with Crippen LogP contribution >= 0.6 is 11.6 Å². The zero-order chi connectivity index (χ0) is 12.3. The third-order valence-corrected chi connectivity index (χ3v) is 2.72. The molecule has 17 heavy (non-hydrogen) atoms. The SMILES string of the molecule is NC(=O)C(c1ccc(Cl)cc1)c1ccccn1. The van der Waals surface area contributed by atoms with Crippen LogP contribution in [0.4, 0.5) is 0 Å². The summed E-state index contributed by atoms with van der Waals surface area (Å²) in [4.78, 5) is 15.7. The van der Waals surface area contributed by atoms with Crippen molar-refractivity contribution in [2.45, 2.75) is 5.92 Å². The van der Waals surface area contributed by atoms with Gasteiger partial charge in [-0.1, -0.05) is 29.8 Å². The Hall–Kier alpha value is -1.87. The lowest BCUT2D eigenvalue weighted by molar-refractivity contribution is -0.118. The second-order valence-electron chi connectivity index (χ2n) is 3.64. The highest BCUT2D eigenvalue weighted by Crippen LogP contribution is 2.23. The molecule has 2 N–H and O–H groups in total. The first-order valence-corrected chi connectivity index (χ1v) is 5.52. The number of primary amides is 1. The lowest BCUT2D eigenvalue weighted by Gasteiger charge is -2.13. The number of rotatable bonds is 3. The van der Waals surface area contributed by atoms with Gasteiger partial charge in [0.15, 0.2) is 0 Å². The number of halogens is 1. The van der Waals surface area contributed by atoms with Gasteiger partial charge in [-0.15, -0.1) is 0 Å². The van der Waals surface area contributed by atoms with Gasteiger partial charge < -0.3 is 5.73 Å². The summed E-state index contributed by atoms with van der Waals surface area (Å²) in [5, 5.41) is 0.623. The van der Waals surface area contributed by atoms with Crippen molar-refractivity contribution < 1.29 is 4.79 Å². The molecule has 0 saturated heterocycles. The van der Waals surface area contributed by atoms with Crippen molar-refractivity contribution in [3.63, 3.8) is 0 Å². The Balaban J connectivity index is 2.43. The fraction of sp³-hybridized carbons (Fsp3) is 0.0769. The first-order valence-electron chi connectivity index (χ1n) is 5.14. The van der Waals surface area contributed by atoms with Crippen LogP contribution in [-0.4, -0.2) is 10.9 Å². The average molecular weight is 247 g/mol. The van der Waals surface area contributed by atoms with Gasteiger partial charge in [-0.05, 0) is 29.8 Å². The number of aromatic nitrogens is 1. The first-order chi connectivity index (χ1) is 8.18. The number of nitrogens with two attached hydrogens (primary N) is 1. The van der Waals surface area contributed by atoms with Gasteiger partial charge in [-0.3, -0.25) is 9.78 Å².